The minimum atomic E-state index is -0.258. The van der Waals surface area contributed by atoms with Crippen molar-refractivity contribution in [1.29, 1.82) is 0 Å². The molecule has 2 rings (SSSR count). The van der Waals surface area contributed by atoms with Gasteiger partial charge in [0.05, 0.1) is 7.11 Å². The molecule has 0 spiro atoms. The molecule has 0 heterocycles. The maximum atomic E-state index is 13.9. The standard InChI is InChI=1S/C16H25FN2O/c1-19(14-7-3-4-8-14)11-10-18-12-13-6-5-9-15(20-2)16(13)17/h5-6,9,14,18H,3-4,7-8,10-12H2,1-2H3. The monoisotopic (exact) mass is 280 g/mol. The fourth-order valence-electron chi connectivity index (χ4n) is 2.86. The minimum absolute atomic E-state index is 0.258. The van der Waals surface area contributed by atoms with Crippen LogP contribution < -0.4 is 10.1 Å². The Morgan fingerprint density at radius 3 is 2.80 bits per heavy atom. The summed E-state index contributed by atoms with van der Waals surface area (Å²) in [5, 5.41) is 3.31. The summed E-state index contributed by atoms with van der Waals surface area (Å²) in [5.74, 6) is 0.0546. The van der Waals surface area contributed by atoms with Crippen molar-refractivity contribution in [1.82, 2.24) is 10.2 Å². The Morgan fingerprint density at radius 1 is 1.35 bits per heavy atom. The third-order valence-corrected chi connectivity index (χ3v) is 4.17. The molecule has 1 aromatic carbocycles. The SMILES string of the molecule is COc1cccc(CNCCN(C)C2CCCC2)c1F. The molecule has 0 radical (unpaired) electrons. The van der Waals surface area contributed by atoms with Crippen LogP contribution in [0.5, 0.6) is 5.75 Å². The van der Waals surface area contributed by atoms with E-state index in [-0.39, 0.29) is 5.82 Å². The fourth-order valence-corrected chi connectivity index (χ4v) is 2.86. The molecule has 1 aliphatic rings. The van der Waals surface area contributed by atoms with E-state index in [1.807, 2.05) is 6.07 Å². The lowest BCUT2D eigenvalue weighted by atomic mass is 10.2. The summed E-state index contributed by atoms with van der Waals surface area (Å²) in [6, 6.07) is 6.01. The van der Waals surface area contributed by atoms with E-state index in [9.17, 15) is 4.39 Å². The molecule has 4 heteroatoms. The minimum Gasteiger partial charge on any atom is -0.494 e. The molecule has 3 nitrogen and oxygen atoms in total. The second kappa shape index (κ2) is 7.60. The van der Waals surface area contributed by atoms with E-state index in [1.54, 1.807) is 12.1 Å². The second-order valence-electron chi connectivity index (χ2n) is 5.53. The Morgan fingerprint density at radius 2 is 2.10 bits per heavy atom. The second-order valence-corrected chi connectivity index (χ2v) is 5.53. The van der Waals surface area contributed by atoms with E-state index in [4.69, 9.17) is 4.74 Å². The van der Waals surface area contributed by atoms with Gasteiger partial charge in [0, 0.05) is 31.2 Å². The highest BCUT2D eigenvalue weighted by Gasteiger charge is 2.18. The molecule has 0 aliphatic heterocycles. The van der Waals surface area contributed by atoms with E-state index in [1.165, 1.54) is 32.8 Å². The maximum Gasteiger partial charge on any atom is 0.169 e. The number of nitrogens with zero attached hydrogens (tertiary/aromatic N) is 1. The Kier molecular flexibility index (Phi) is 5.80. The number of ether oxygens (including phenoxy) is 1. The van der Waals surface area contributed by atoms with Gasteiger partial charge in [-0.15, -0.1) is 0 Å². The van der Waals surface area contributed by atoms with Crippen molar-refractivity contribution < 1.29 is 9.13 Å². The van der Waals surface area contributed by atoms with Crippen molar-refractivity contribution >= 4 is 0 Å². The zero-order valence-corrected chi connectivity index (χ0v) is 12.5. The average molecular weight is 280 g/mol. The molecular weight excluding hydrogens is 255 g/mol. The Bertz CT molecular complexity index is 419. The Labute approximate surface area is 121 Å². The summed E-state index contributed by atoms with van der Waals surface area (Å²) in [4.78, 5) is 2.42. The summed E-state index contributed by atoms with van der Waals surface area (Å²) >= 11 is 0. The van der Waals surface area contributed by atoms with Crippen LogP contribution in [-0.4, -0.2) is 38.2 Å². The normalized spacial score (nSPS) is 16.0. The molecule has 1 saturated carbocycles. The molecule has 112 valence electrons. The predicted octanol–water partition coefficient (Wildman–Crippen LogP) is 2.80. The van der Waals surface area contributed by atoms with Crippen molar-refractivity contribution in [2.45, 2.75) is 38.3 Å². The molecule has 0 amide bonds. The summed E-state index contributed by atoms with van der Waals surface area (Å²) < 4.78 is 18.9. The van der Waals surface area contributed by atoms with Crippen molar-refractivity contribution in [3.05, 3.63) is 29.6 Å². The number of halogens is 1. The molecule has 1 N–H and O–H groups in total. The number of rotatable bonds is 7. The third-order valence-electron chi connectivity index (χ3n) is 4.17. The molecule has 0 bridgehead atoms. The number of nitrogens with one attached hydrogen (secondary N) is 1. The van der Waals surface area contributed by atoms with E-state index in [0.29, 0.717) is 17.9 Å². The smallest absolute Gasteiger partial charge is 0.169 e. The van der Waals surface area contributed by atoms with Crippen LogP contribution in [0.1, 0.15) is 31.2 Å². The van der Waals surface area contributed by atoms with Crippen LogP contribution in [0, 0.1) is 5.82 Å². The van der Waals surface area contributed by atoms with Crippen LogP contribution in [0.4, 0.5) is 4.39 Å². The van der Waals surface area contributed by atoms with Gasteiger partial charge in [0.2, 0.25) is 0 Å². The quantitative estimate of drug-likeness (QED) is 0.777. The Hall–Kier alpha value is -1.13. The van der Waals surface area contributed by atoms with Crippen molar-refractivity contribution in [2.24, 2.45) is 0 Å². The molecule has 1 aliphatic carbocycles. The van der Waals surface area contributed by atoms with Crippen LogP contribution in [0.2, 0.25) is 0 Å². The van der Waals surface area contributed by atoms with Gasteiger partial charge in [-0.1, -0.05) is 25.0 Å². The van der Waals surface area contributed by atoms with E-state index < -0.39 is 0 Å². The number of likely N-dealkylation sites (N-methyl/N-ethyl adjacent to an activating group) is 1. The molecular formula is C16H25FN2O. The lowest BCUT2D eigenvalue weighted by Crippen LogP contribution is -2.35. The topological polar surface area (TPSA) is 24.5 Å². The van der Waals surface area contributed by atoms with Crippen molar-refractivity contribution in [3.8, 4) is 5.75 Å². The van der Waals surface area contributed by atoms with Crippen molar-refractivity contribution in [2.75, 3.05) is 27.2 Å². The molecule has 0 unspecified atom stereocenters. The van der Waals surface area contributed by atoms with E-state index in [0.717, 1.165) is 19.1 Å². The first kappa shape index (κ1) is 15.3. The molecule has 1 fully saturated rings. The zero-order valence-electron chi connectivity index (χ0n) is 12.5. The highest BCUT2D eigenvalue weighted by molar-refractivity contribution is 5.30. The maximum absolute atomic E-state index is 13.9. The zero-order chi connectivity index (χ0) is 14.4. The van der Waals surface area contributed by atoms with Gasteiger partial charge in [0.15, 0.2) is 11.6 Å². The first-order chi connectivity index (χ1) is 9.72. The number of hydrogen-bond donors (Lipinski definition) is 1. The largest absolute Gasteiger partial charge is 0.494 e. The van der Waals surface area contributed by atoms with Crippen LogP contribution in [0.15, 0.2) is 18.2 Å². The number of benzene rings is 1. The lowest BCUT2D eigenvalue weighted by molar-refractivity contribution is 0.245. The van der Waals surface area contributed by atoms with E-state index >= 15 is 0 Å². The van der Waals surface area contributed by atoms with Crippen LogP contribution in [0.25, 0.3) is 0 Å². The molecule has 0 aromatic heterocycles. The van der Waals surface area contributed by atoms with Gasteiger partial charge in [0.1, 0.15) is 0 Å². The first-order valence-electron chi connectivity index (χ1n) is 7.44. The highest BCUT2D eigenvalue weighted by atomic mass is 19.1. The average Bonchev–Trinajstić information content (AvgIpc) is 2.99. The summed E-state index contributed by atoms with van der Waals surface area (Å²) in [6.45, 7) is 2.43. The molecule has 0 atom stereocenters. The van der Waals surface area contributed by atoms with Gasteiger partial charge < -0.3 is 15.0 Å². The van der Waals surface area contributed by atoms with Crippen molar-refractivity contribution in [3.63, 3.8) is 0 Å². The fraction of sp³-hybridized carbons (Fsp3) is 0.625. The van der Waals surface area contributed by atoms with Gasteiger partial charge in [0.25, 0.3) is 0 Å². The summed E-state index contributed by atoms with van der Waals surface area (Å²) in [5.41, 5.74) is 0.660. The molecule has 0 saturated heterocycles. The molecule has 1 aromatic rings. The van der Waals surface area contributed by atoms with Crippen LogP contribution >= 0.6 is 0 Å². The van der Waals surface area contributed by atoms with Gasteiger partial charge in [-0.3, -0.25) is 0 Å². The van der Waals surface area contributed by atoms with Crippen LogP contribution in [-0.2, 0) is 6.54 Å². The summed E-state index contributed by atoms with van der Waals surface area (Å²) in [6.07, 6.45) is 5.36. The third kappa shape index (κ3) is 3.93. The van der Waals surface area contributed by atoms with E-state index in [2.05, 4.69) is 17.3 Å². The Balaban J connectivity index is 1.73. The predicted molar refractivity (Wildman–Crippen MR) is 79.5 cm³/mol. The van der Waals surface area contributed by atoms with Crippen LogP contribution in [0.3, 0.4) is 0 Å². The van der Waals surface area contributed by atoms with Gasteiger partial charge in [-0.25, -0.2) is 4.39 Å². The van der Waals surface area contributed by atoms with Gasteiger partial charge >= 0.3 is 0 Å². The number of hydrogen-bond acceptors (Lipinski definition) is 3. The highest BCUT2D eigenvalue weighted by Crippen LogP contribution is 2.22. The van der Waals surface area contributed by atoms with Gasteiger partial charge in [-0.05, 0) is 26.0 Å². The first-order valence-corrected chi connectivity index (χ1v) is 7.44. The van der Waals surface area contributed by atoms with Gasteiger partial charge in [-0.2, -0.15) is 0 Å². The molecule has 20 heavy (non-hydrogen) atoms. The summed E-state index contributed by atoms with van der Waals surface area (Å²) in [7, 11) is 3.68. The number of methoxy groups -OCH3 is 1. The lowest BCUT2D eigenvalue weighted by Gasteiger charge is -2.24.